The first-order valence-electron chi connectivity index (χ1n) is 9.99. The highest BCUT2D eigenvalue weighted by atomic mass is 16.7. The van der Waals surface area contributed by atoms with Gasteiger partial charge in [0.2, 0.25) is 5.91 Å². The SMILES string of the molecule is CNC(=O)C1OC(OCc2ccccc2)C(NC(C)=O)C(OC(C)C(=O)O)C1OC(C)=O. The number of amides is 2. The van der Waals surface area contributed by atoms with Crippen molar-refractivity contribution in [3.8, 4) is 0 Å². The molecule has 176 valence electrons. The summed E-state index contributed by atoms with van der Waals surface area (Å²) < 4.78 is 22.6. The van der Waals surface area contributed by atoms with Gasteiger partial charge in [0.1, 0.15) is 12.1 Å². The highest BCUT2D eigenvalue weighted by molar-refractivity contribution is 5.82. The van der Waals surface area contributed by atoms with Crippen LogP contribution in [0.1, 0.15) is 26.3 Å². The minimum absolute atomic E-state index is 0.0709. The lowest BCUT2D eigenvalue weighted by Gasteiger charge is -2.45. The molecule has 1 heterocycles. The van der Waals surface area contributed by atoms with Crippen LogP contribution < -0.4 is 10.6 Å². The van der Waals surface area contributed by atoms with Crippen LogP contribution in [0.15, 0.2) is 30.3 Å². The molecule has 0 spiro atoms. The molecule has 6 unspecified atom stereocenters. The van der Waals surface area contributed by atoms with Crippen molar-refractivity contribution in [3.05, 3.63) is 35.9 Å². The van der Waals surface area contributed by atoms with Crippen molar-refractivity contribution in [1.82, 2.24) is 10.6 Å². The number of aliphatic carboxylic acids is 1. The summed E-state index contributed by atoms with van der Waals surface area (Å²) in [7, 11) is 1.37. The maximum Gasteiger partial charge on any atom is 0.332 e. The number of nitrogens with one attached hydrogen (secondary N) is 2. The van der Waals surface area contributed by atoms with E-state index in [1.54, 1.807) is 0 Å². The quantitative estimate of drug-likeness (QED) is 0.439. The van der Waals surface area contributed by atoms with Crippen LogP contribution in [0.25, 0.3) is 0 Å². The number of rotatable bonds is 9. The number of carboxylic acids is 1. The molecule has 32 heavy (non-hydrogen) atoms. The number of carboxylic acid groups (broad SMARTS) is 1. The van der Waals surface area contributed by atoms with Crippen LogP contribution >= 0.6 is 0 Å². The van der Waals surface area contributed by atoms with Gasteiger partial charge in [-0.3, -0.25) is 14.4 Å². The molecule has 3 N–H and O–H groups in total. The number of hydrogen-bond donors (Lipinski definition) is 3. The van der Waals surface area contributed by atoms with Crippen LogP contribution in [-0.4, -0.2) is 72.7 Å². The molecule has 2 rings (SSSR count). The van der Waals surface area contributed by atoms with E-state index in [9.17, 15) is 24.3 Å². The van der Waals surface area contributed by atoms with Gasteiger partial charge in [-0.1, -0.05) is 30.3 Å². The predicted molar refractivity (Wildman–Crippen MR) is 109 cm³/mol. The van der Waals surface area contributed by atoms with Crippen LogP contribution in [0.2, 0.25) is 0 Å². The Hall–Kier alpha value is -3.02. The molecule has 0 radical (unpaired) electrons. The van der Waals surface area contributed by atoms with Crippen LogP contribution in [0.4, 0.5) is 0 Å². The number of carbonyl (C=O) groups is 4. The Morgan fingerprint density at radius 1 is 1.12 bits per heavy atom. The van der Waals surface area contributed by atoms with Gasteiger partial charge in [-0.25, -0.2) is 4.79 Å². The van der Waals surface area contributed by atoms with E-state index in [-0.39, 0.29) is 6.61 Å². The fourth-order valence-electron chi connectivity index (χ4n) is 3.25. The van der Waals surface area contributed by atoms with Crippen molar-refractivity contribution < 1.29 is 43.2 Å². The van der Waals surface area contributed by atoms with Gasteiger partial charge in [-0.2, -0.15) is 0 Å². The number of benzene rings is 1. The van der Waals surface area contributed by atoms with E-state index in [0.29, 0.717) is 0 Å². The summed E-state index contributed by atoms with van der Waals surface area (Å²) >= 11 is 0. The summed E-state index contributed by atoms with van der Waals surface area (Å²) in [4.78, 5) is 47.6. The zero-order valence-corrected chi connectivity index (χ0v) is 18.3. The molecule has 1 fully saturated rings. The van der Waals surface area contributed by atoms with Gasteiger partial charge in [0, 0.05) is 20.9 Å². The van der Waals surface area contributed by atoms with E-state index in [2.05, 4.69) is 10.6 Å². The smallest absolute Gasteiger partial charge is 0.332 e. The monoisotopic (exact) mass is 452 g/mol. The highest BCUT2D eigenvalue weighted by Crippen LogP contribution is 2.29. The summed E-state index contributed by atoms with van der Waals surface area (Å²) in [6.45, 7) is 3.73. The number of carbonyl (C=O) groups excluding carboxylic acids is 3. The first-order chi connectivity index (χ1) is 15.1. The number of likely N-dealkylation sites (N-methyl/N-ethyl adjacent to an activating group) is 1. The van der Waals surface area contributed by atoms with Crippen LogP contribution in [0.3, 0.4) is 0 Å². The second kappa shape index (κ2) is 11.6. The van der Waals surface area contributed by atoms with Gasteiger partial charge >= 0.3 is 11.9 Å². The average molecular weight is 452 g/mol. The fourth-order valence-corrected chi connectivity index (χ4v) is 3.25. The van der Waals surface area contributed by atoms with E-state index in [4.69, 9.17) is 18.9 Å². The summed E-state index contributed by atoms with van der Waals surface area (Å²) in [6, 6.07) is 8.02. The standard InChI is InChI=1S/C21H28N2O9/c1-11(20(27)28)30-16-15(23-12(2)24)21(29-10-14-8-6-5-7-9-14)32-18(19(26)22-4)17(16)31-13(3)25/h5-9,11,15-18,21H,10H2,1-4H3,(H,22,26)(H,23,24)(H,27,28). The first-order valence-corrected chi connectivity index (χ1v) is 9.99. The van der Waals surface area contributed by atoms with Crippen molar-refractivity contribution in [2.45, 2.75) is 64.1 Å². The molecule has 6 atom stereocenters. The summed E-state index contributed by atoms with van der Waals surface area (Å²) in [5.74, 6) is -3.14. The normalized spacial score (nSPS) is 25.9. The summed E-state index contributed by atoms with van der Waals surface area (Å²) in [5, 5.41) is 14.4. The van der Waals surface area contributed by atoms with Crippen molar-refractivity contribution in [1.29, 1.82) is 0 Å². The topological polar surface area (TPSA) is 149 Å². The highest BCUT2D eigenvalue weighted by Gasteiger charge is 2.52. The van der Waals surface area contributed by atoms with Gasteiger partial charge in [0.25, 0.3) is 5.91 Å². The molecule has 1 saturated heterocycles. The predicted octanol–water partition coefficient (Wildman–Crippen LogP) is -0.0312. The third-order valence-corrected chi connectivity index (χ3v) is 4.69. The van der Waals surface area contributed by atoms with E-state index < -0.39 is 60.5 Å². The minimum atomic E-state index is -1.37. The van der Waals surface area contributed by atoms with E-state index in [0.717, 1.165) is 12.5 Å². The lowest BCUT2D eigenvalue weighted by molar-refractivity contribution is -0.277. The molecule has 0 aliphatic carbocycles. The Morgan fingerprint density at radius 3 is 2.31 bits per heavy atom. The van der Waals surface area contributed by atoms with Gasteiger partial charge < -0.3 is 34.7 Å². The van der Waals surface area contributed by atoms with E-state index in [1.165, 1.54) is 20.9 Å². The maximum absolute atomic E-state index is 12.5. The van der Waals surface area contributed by atoms with Crippen LogP contribution in [0.5, 0.6) is 0 Å². The Balaban J connectivity index is 2.43. The Morgan fingerprint density at radius 2 is 1.78 bits per heavy atom. The lowest BCUT2D eigenvalue weighted by atomic mass is 9.95. The van der Waals surface area contributed by atoms with Crippen LogP contribution in [0, 0.1) is 0 Å². The second-order valence-electron chi connectivity index (χ2n) is 7.22. The second-order valence-corrected chi connectivity index (χ2v) is 7.22. The molecule has 0 bridgehead atoms. The van der Waals surface area contributed by atoms with Gasteiger partial charge in [0.15, 0.2) is 24.6 Å². The van der Waals surface area contributed by atoms with Gasteiger partial charge in [-0.15, -0.1) is 0 Å². The largest absolute Gasteiger partial charge is 0.479 e. The molecule has 11 nitrogen and oxygen atoms in total. The van der Waals surface area contributed by atoms with E-state index in [1.807, 2.05) is 30.3 Å². The molecule has 1 aromatic carbocycles. The summed E-state index contributed by atoms with van der Waals surface area (Å²) in [6.07, 6.45) is -6.53. The third kappa shape index (κ3) is 6.74. The Kier molecular flexibility index (Phi) is 9.12. The van der Waals surface area contributed by atoms with Crippen molar-refractivity contribution in [2.24, 2.45) is 0 Å². The molecule has 11 heteroatoms. The van der Waals surface area contributed by atoms with Gasteiger partial charge in [-0.05, 0) is 12.5 Å². The lowest BCUT2D eigenvalue weighted by Crippen LogP contribution is -2.68. The van der Waals surface area contributed by atoms with Crippen molar-refractivity contribution in [3.63, 3.8) is 0 Å². The van der Waals surface area contributed by atoms with Crippen molar-refractivity contribution in [2.75, 3.05) is 7.05 Å². The zero-order valence-electron chi connectivity index (χ0n) is 18.3. The van der Waals surface area contributed by atoms with E-state index >= 15 is 0 Å². The summed E-state index contributed by atoms with van der Waals surface area (Å²) in [5.41, 5.74) is 0.799. The Labute approximate surface area is 185 Å². The Bertz CT molecular complexity index is 817. The minimum Gasteiger partial charge on any atom is -0.479 e. The van der Waals surface area contributed by atoms with Crippen molar-refractivity contribution >= 4 is 23.8 Å². The number of ether oxygens (including phenoxy) is 4. The molecule has 0 aromatic heterocycles. The average Bonchev–Trinajstić information content (AvgIpc) is 2.74. The molecule has 1 aromatic rings. The molecular weight excluding hydrogens is 424 g/mol. The molecule has 1 aliphatic rings. The molecule has 0 saturated carbocycles. The number of esters is 1. The third-order valence-electron chi connectivity index (χ3n) is 4.69. The fraction of sp³-hybridized carbons (Fsp3) is 0.524. The van der Waals surface area contributed by atoms with Crippen LogP contribution in [-0.2, 0) is 44.7 Å². The van der Waals surface area contributed by atoms with Gasteiger partial charge in [0.05, 0.1) is 6.61 Å². The zero-order chi connectivity index (χ0) is 23.8. The first kappa shape index (κ1) is 25.2. The molecule has 2 amide bonds. The maximum atomic E-state index is 12.5. The molecule has 1 aliphatic heterocycles. The molecular formula is C21H28N2O9. The number of hydrogen-bond acceptors (Lipinski definition) is 8.